The third-order valence-corrected chi connectivity index (χ3v) is 3.41. The van der Waals surface area contributed by atoms with Gasteiger partial charge in [-0.25, -0.2) is 4.98 Å². The molecule has 1 aromatic rings. The molecule has 100 valence electrons. The highest BCUT2D eigenvalue weighted by Crippen LogP contribution is 2.37. The minimum atomic E-state index is -4.40. The summed E-state index contributed by atoms with van der Waals surface area (Å²) in [7, 11) is 0. The molecule has 1 saturated heterocycles. The minimum absolute atomic E-state index is 0.00222. The van der Waals surface area contributed by atoms with Gasteiger partial charge in [-0.1, -0.05) is 0 Å². The van der Waals surface area contributed by atoms with Crippen molar-refractivity contribution in [2.75, 3.05) is 18.0 Å². The number of rotatable bonds is 1. The van der Waals surface area contributed by atoms with E-state index >= 15 is 0 Å². The van der Waals surface area contributed by atoms with Gasteiger partial charge in [-0.3, -0.25) is 0 Å². The predicted octanol–water partition coefficient (Wildman–Crippen LogP) is 2.79. The molecule has 2 heterocycles. The summed E-state index contributed by atoms with van der Waals surface area (Å²) in [6.45, 7) is 1.03. The Hall–Kier alpha value is -0.820. The first-order valence-electron chi connectivity index (χ1n) is 5.61. The van der Waals surface area contributed by atoms with E-state index in [1.807, 2.05) is 0 Å². The Morgan fingerprint density at radius 1 is 1.33 bits per heavy atom. The predicted molar refractivity (Wildman–Crippen MR) is 66.4 cm³/mol. The van der Waals surface area contributed by atoms with E-state index in [9.17, 15) is 13.2 Å². The van der Waals surface area contributed by atoms with Crippen molar-refractivity contribution in [1.82, 2.24) is 4.98 Å². The average molecular weight is 324 g/mol. The molecule has 0 amide bonds. The largest absolute Gasteiger partial charge is 0.419 e. The zero-order valence-corrected chi connectivity index (χ0v) is 11.1. The fraction of sp³-hybridized carbons (Fsp3) is 0.545. The first kappa shape index (κ1) is 13.6. The SMILES string of the molecule is NC1CCN(c2ncc(Br)cc2C(F)(F)F)CC1. The Labute approximate surface area is 111 Å². The molecular weight excluding hydrogens is 311 g/mol. The smallest absolute Gasteiger partial charge is 0.356 e. The van der Waals surface area contributed by atoms with Crippen LogP contribution in [0.2, 0.25) is 0 Å². The number of nitrogens with two attached hydrogens (primary N) is 1. The number of piperidine rings is 1. The third-order valence-electron chi connectivity index (χ3n) is 2.98. The first-order chi connectivity index (χ1) is 8.38. The number of anilines is 1. The van der Waals surface area contributed by atoms with Crippen LogP contribution in [0, 0.1) is 0 Å². The van der Waals surface area contributed by atoms with Crippen LogP contribution in [0.1, 0.15) is 18.4 Å². The quantitative estimate of drug-likeness (QED) is 0.864. The van der Waals surface area contributed by atoms with Crippen LogP contribution in [0.5, 0.6) is 0 Å². The molecule has 0 aliphatic carbocycles. The lowest BCUT2D eigenvalue weighted by atomic mass is 10.1. The Morgan fingerprint density at radius 2 is 1.94 bits per heavy atom. The van der Waals surface area contributed by atoms with Crippen LogP contribution < -0.4 is 10.6 Å². The molecular formula is C11H13BrF3N3. The van der Waals surface area contributed by atoms with Crippen molar-refractivity contribution in [1.29, 1.82) is 0 Å². The number of hydrogen-bond acceptors (Lipinski definition) is 3. The van der Waals surface area contributed by atoms with E-state index < -0.39 is 11.7 Å². The van der Waals surface area contributed by atoms with Crippen molar-refractivity contribution in [3.05, 3.63) is 22.3 Å². The van der Waals surface area contributed by atoms with Crippen molar-refractivity contribution in [2.45, 2.75) is 25.1 Å². The van der Waals surface area contributed by atoms with Crippen LogP contribution in [0.4, 0.5) is 19.0 Å². The number of nitrogens with zero attached hydrogens (tertiary/aromatic N) is 2. The molecule has 0 spiro atoms. The van der Waals surface area contributed by atoms with Gasteiger partial charge >= 0.3 is 6.18 Å². The second-order valence-corrected chi connectivity index (χ2v) is 5.26. The molecule has 1 fully saturated rings. The molecule has 0 unspecified atom stereocenters. The Balaban J connectivity index is 2.32. The van der Waals surface area contributed by atoms with Gasteiger partial charge in [0, 0.05) is 29.8 Å². The lowest BCUT2D eigenvalue weighted by molar-refractivity contribution is -0.137. The van der Waals surface area contributed by atoms with Crippen LogP contribution in [-0.4, -0.2) is 24.1 Å². The second kappa shape index (κ2) is 5.05. The second-order valence-electron chi connectivity index (χ2n) is 4.35. The van der Waals surface area contributed by atoms with Crippen LogP contribution in [0.25, 0.3) is 0 Å². The summed E-state index contributed by atoms with van der Waals surface area (Å²) in [5, 5.41) is 0. The zero-order chi connectivity index (χ0) is 13.3. The van der Waals surface area contributed by atoms with Crippen LogP contribution in [0.15, 0.2) is 16.7 Å². The van der Waals surface area contributed by atoms with Gasteiger partial charge in [-0.05, 0) is 34.8 Å². The first-order valence-corrected chi connectivity index (χ1v) is 6.40. The maximum absolute atomic E-state index is 12.9. The molecule has 1 aromatic heterocycles. The van der Waals surface area contributed by atoms with Crippen LogP contribution in [0.3, 0.4) is 0 Å². The van der Waals surface area contributed by atoms with Crippen molar-refractivity contribution < 1.29 is 13.2 Å². The van der Waals surface area contributed by atoms with Gasteiger partial charge in [-0.2, -0.15) is 13.2 Å². The fourth-order valence-corrected chi connectivity index (χ4v) is 2.34. The lowest BCUT2D eigenvalue weighted by Crippen LogP contribution is -2.40. The standard InChI is InChI=1S/C11H13BrF3N3/c12-7-5-9(11(13,14)15)10(17-6-7)18-3-1-8(16)2-4-18/h5-6,8H,1-4,16H2. The van der Waals surface area contributed by atoms with E-state index in [0.717, 1.165) is 6.07 Å². The van der Waals surface area contributed by atoms with E-state index in [2.05, 4.69) is 20.9 Å². The molecule has 2 N–H and O–H groups in total. The average Bonchev–Trinajstić information content (AvgIpc) is 2.29. The molecule has 1 aliphatic heterocycles. The van der Waals surface area contributed by atoms with Crippen LogP contribution in [-0.2, 0) is 6.18 Å². The minimum Gasteiger partial charge on any atom is -0.356 e. The normalized spacial score (nSPS) is 18.2. The molecule has 0 saturated carbocycles. The van der Waals surface area contributed by atoms with Crippen molar-refractivity contribution in [2.24, 2.45) is 5.73 Å². The van der Waals surface area contributed by atoms with Crippen LogP contribution >= 0.6 is 15.9 Å². The summed E-state index contributed by atoms with van der Waals surface area (Å²) in [4.78, 5) is 5.56. The molecule has 0 radical (unpaired) electrons. The fourth-order valence-electron chi connectivity index (χ4n) is 2.00. The highest BCUT2D eigenvalue weighted by atomic mass is 79.9. The zero-order valence-electron chi connectivity index (χ0n) is 9.54. The van der Waals surface area contributed by atoms with Gasteiger partial charge in [0.05, 0.1) is 5.56 Å². The van der Waals surface area contributed by atoms with E-state index in [1.165, 1.54) is 6.20 Å². The van der Waals surface area contributed by atoms with Gasteiger partial charge in [0.25, 0.3) is 0 Å². The summed E-state index contributed by atoms with van der Waals surface area (Å²) < 4.78 is 39.2. The Kier molecular flexibility index (Phi) is 3.82. The molecule has 0 bridgehead atoms. The Bertz CT molecular complexity index is 428. The summed E-state index contributed by atoms with van der Waals surface area (Å²) in [6.07, 6.45) is -1.63. The molecule has 1 aliphatic rings. The molecule has 18 heavy (non-hydrogen) atoms. The maximum Gasteiger partial charge on any atom is 0.419 e. The van der Waals surface area contributed by atoms with Crippen molar-refractivity contribution in [3.8, 4) is 0 Å². The van der Waals surface area contributed by atoms with Gasteiger partial charge in [0.2, 0.25) is 0 Å². The van der Waals surface area contributed by atoms with Gasteiger partial charge in [-0.15, -0.1) is 0 Å². The third kappa shape index (κ3) is 2.95. The molecule has 0 atom stereocenters. The number of alkyl halides is 3. The van der Waals surface area contributed by atoms with E-state index in [-0.39, 0.29) is 11.9 Å². The number of halogens is 4. The van der Waals surface area contributed by atoms with Crippen molar-refractivity contribution in [3.63, 3.8) is 0 Å². The monoisotopic (exact) mass is 323 g/mol. The summed E-state index contributed by atoms with van der Waals surface area (Å²) in [5.41, 5.74) is 5.04. The summed E-state index contributed by atoms with van der Waals surface area (Å²) >= 11 is 3.02. The van der Waals surface area contributed by atoms with Gasteiger partial charge in [0.1, 0.15) is 5.82 Å². The highest BCUT2D eigenvalue weighted by molar-refractivity contribution is 9.10. The molecule has 7 heteroatoms. The number of hydrogen-bond donors (Lipinski definition) is 1. The topological polar surface area (TPSA) is 42.1 Å². The maximum atomic E-state index is 12.9. The number of pyridine rings is 1. The molecule has 0 aromatic carbocycles. The summed E-state index contributed by atoms with van der Waals surface area (Å²) in [6, 6.07) is 1.14. The van der Waals surface area contributed by atoms with E-state index in [1.54, 1.807) is 4.90 Å². The number of aromatic nitrogens is 1. The van der Waals surface area contributed by atoms with E-state index in [0.29, 0.717) is 30.4 Å². The Morgan fingerprint density at radius 3 is 2.50 bits per heavy atom. The van der Waals surface area contributed by atoms with E-state index in [4.69, 9.17) is 5.73 Å². The molecule has 2 rings (SSSR count). The highest BCUT2D eigenvalue weighted by Gasteiger charge is 2.36. The van der Waals surface area contributed by atoms with Crippen molar-refractivity contribution >= 4 is 21.7 Å². The molecule has 3 nitrogen and oxygen atoms in total. The lowest BCUT2D eigenvalue weighted by Gasteiger charge is -2.32. The van der Waals surface area contributed by atoms with Gasteiger partial charge in [0.15, 0.2) is 0 Å². The van der Waals surface area contributed by atoms with Gasteiger partial charge < -0.3 is 10.6 Å². The summed E-state index contributed by atoms with van der Waals surface area (Å²) in [5.74, 6) is -0.00222.